The Labute approximate surface area is 129 Å². The van der Waals surface area contributed by atoms with Crippen LogP contribution in [-0.4, -0.2) is 9.78 Å². The van der Waals surface area contributed by atoms with E-state index in [2.05, 4.69) is 46.3 Å². The smallest absolute Gasteiger partial charge is 0.0645 e. The van der Waals surface area contributed by atoms with Crippen LogP contribution in [0.25, 0.3) is 5.69 Å². The SMILES string of the molecule is CC1(C(Br)c2cnn(-c3ccccc3)c2)CCCCC1. The molecule has 1 saturated carbocycles. The zero-order valence-electron chi connectivity index (χ0n) is 11.9. The molecule has 0 amide bonds. The largest absolute Gasteiger partial charge is 0.241 e. The average molecular weight is 333 g/mol. The van der Waals surface area contributed by atoms with E-state index in [0.717, 1.165) is 5.69 Å². The van der Waals surface area contributed by atoms with E-state index in [0.29, 0.717) is 10.2 Å². The third-order valence-electron chi connectivity index (χ3n) is 4.52. The Morgan fingerprint density at radius 3 is 2.55 bits per heavy atom. The molecule has 20 heavy (non-hydrogen) atoms. The Morgan fingerprint density at radius 2 is 1.85 bits per heavy atom. The highest BCUT2D eigenvalue weighted by molar-refractivity contribution is 9.09. The molecule has 1 aliphatic carbocycles. The Balaban J connectivity index is 1.83. The molecule has 0 N–H and O–H groups in total. The minimum absolute atomic E-state index is 0.364. The van der Waals surface area contributed by atoms with Gasteiger partial charge in [0.1, 0.15) is 0 Å². The van der Waals surface area contributed by atoms with Crippen molar-refractivity contribution in [3.05, 3.63) is 48.3 Å². The lowest BCUT2D eigenvalue weighted by atomic mass is 9.72. The predicted molar refractivity (Wildman–Crippen MR) is 86.4 cm³/mol. The van der Waals surface area contributed by atoms with E-state index in [4.69, 9.17) is 0 Å². The Hall–Kier alpha value is -1.09. The van der Waals surface area contributed by atoms with Crippen molar-refractivity contribution < 1.29 is 0 Å². The Morgan fingerprint density at radius 1 is 1.15 bits per heavy atom. The summed E-state index contributed by atoms with van der Waals surface area (Å²) in [5.74, 6) is 0. The van der Waals surface area contributed by atoms with Crippen molar-refractivity contribution in [1.29, 1.82) is 0 Å². The topological polar surface area (TPSA) is 17.8 Å². The van der Waals surface area contributed by atoms with Crippen LogP contribution in [-0.2, 0) is 0 Å². The van der Waals surface area contributed by atoms with E-state index < -0.39 is 0 Å². The summed E-state index contributed by atoms with van der Waals surface area (Å²) in [6.07, 6.45) is 10.9. The second-order valence-electron chi connectivity index (χ2n) is 6.13. The van der Waals surface area contributed by atoms with E-state index in [1.165, 1.54) is 37.7 Å². The van der Waals surface area contributed by atoms with Gasteiger partial charge in [-0.2, -0.15) is 5.10 Å². The number of hydrogen-bond acceptors (Lipinski definition) is 1. The molecular formula is C17H21BrN2. The van der Waals surface area contributed by atoms with Crippen LogP contribution in [0, 0.1) is 5.41 Å². The number of hydrogen-bond donors (Lipinski definition) is 0. The third-order valence-corrected chi connectivity index (χ3v) is 6.16. The van der Waals surface area contributed by atoms with Crippen LogP contribution in [0.1, 0.15) is 49.4 Å². The number of alkyl halides is 1. The lowest BCUT2D eigenvalue weighted by Gasteiger charge is -2.37. The quantitative estimate of drug-likeness (QED) is 0.699. The number of nitrogens with zero attached hydrogens (tertiary/aromatic N) is 2. The molecule has 1 aromatic carbocycles. The number of rotatable bonds is 3. The number of para-hydroxylation sites is 1. The van der Waals surface area contributed by atoms with Crippen molar-refractivity contribution in [1.82, 2.24) is 9.78 Å². The molecule has 1 fully saturated rings. The molecule has 1 unspecified atom stereocenters. The van der Waals surface area contributed by atoms with Crippen molar-refractivity contribution >= 4 is 15.9 Å². The van der Waals surface area contributed by atoms with Gasteiger partial charge < -0.3 is 0 Å². The molecule has 2 nitrogen and oxygen atoms in total. The molecule has 3 heteroatoms. The van der Waals surface area contributed by atoms with Gasteiger partial charge in [0.25, 0.3) is 0 Å². The molecule has 0 radical (unpaired) electrons. The zero-order chi connectivity index (χ0) is 14.0. The fraction of sp³-hybridized carbons (Fsp3) is 0.471. The fourth-order valence-corrected chi connectivity index (χ4v) is 3.90. The number of aromatic nitrogens is 2. The summed E-state index contributed by atoms with van der Waals surface area (Å²) in [6, 6.07) is 10.3. The molecular weight excluding hydrogens is 312 g/mol. The normalized spacial score (nSPS) is 19.7. The summed E-state index contributed by atoms with van der Waals surface area (Å²) < 4.78 is 1.97. The van der Waals surface area contributed by atoms with Gasteiger partial charge in [-0.15, -0.1) is 0 Å². The first-order valence-electron chi connectivity index (χ1n) is 7.43. The van der Waals surface area contributed by atoms with E-state index in [-0.39, 0.29) is 0 Å². The van der Waals surface area contributed by atoms with Crippen LogP contribution in [0.2, 0.25) is 0 Å². The van der Waals surface area contributed by atoms with Gasteiger partial charge in [0, 0.05) is 16.6 Å². The molecule has 1 heterocycles. The first-order chi connectivity index (χ1) is 9.69. The average Bonchev–Trinajstić information content (AvgIpc) is 2.98. The van der Waals surface area contributed by atoms with Crippen molar-refractivity contribution in [2.45, 2.75) is 43.9 Å². The molecule has 1 aliphatic rings. The van der Waals surface area contributed by atoms with Crippen molar-refractivity contribution in [3.8, 4) is 5.69 Å². The number of halogens is 1. The van der Waals surface area contributed by atoms with E-state index in [1.807, 2.05) is 29.1 Å². The summed E-state index contributed by atoms with van der Waals surface area (Å²) in [4.78, 5) is 0.396. The molecule has 0 aliphatic heterocycles. The molecule has 1 atom stereocenters. The molecule has 1 aromatic heterocycles. The van der Waals surface area contributed by atoms with Crippen LogP contribution in [0.15, 0.2) is 42.7 Å². The second kappa shape index (κ2) is 5.72. The molecule has 0 bridgehead atoms. The maximum Gasteiger partial charge on any atom is 0.0645 e. The van der Waals surface area contributed by atoms with Crippen molar-refractivity contribution in [3.63, 3.8) is 0 Å². The third kappa shape index (κ3) is 2.69. The highest BCUT2D eigenvalue weighted by Gasteiger charge is 2.35. The molecule has 2 aromatic rings. The molecule has 0 saturated heterocycles. The minimum atomic E-state index is 0.364. The van der Waals surface area contributed by atoms with E-state index >= 15 is 0 Å². The van der Waals surface area contributed by atoms with E-state index in [9.17, 15) is 0 Å². The second-order valence-corrected chi connectivity index (χ2v) is 7.05. The van der Waals surface area contributed by atoms with Gasteiger partial charge in [-0.25, -0.2) is 4.68 Å². The fourth-order valence-electron chi connectivity index (χ4n) is 3.20. The standard InChI is InChI=1S/C17H21BrN2/c1-17(10-6-3-7-11-17)16(18)14-12-19-20(13-14)15-8-4-2-5-9-15/h2,4-5,8-9,12-13,16H,3,6-7,10-11H2,1H3. The zero-order valence-corrected chi connectivity index (χ0v) is 13.5. The summed E-state index contributed by atoms with van der Waals surface area (Å²) in [5.41, 5.74) is 2.77. The van der Waals surface area contributed by atoms with Gasteiger partial charge in [0.2, 0.25) is 0 Å². The minimum Gasteiger partial charge on any atom is -0.241 e. The summed E-state index contributed by atoms with van der Waals surface area (Å²) >= 11 is 3.94. The Kier molecular flexibility index (Phi) is 3.97. The van der Waals surface area contributed by atoms with Gasteiger partial charge in [-0.3, -0.25) is 0 Å². The van der Waals surface area contributed by atoms with Gasteiger partial charge in [-0.1, -0.05) is 60.3 Å². The molecule has 3 rings (SSSR count). The monoisotopic (exact) mass is 332 g/mol. The van der Waals surface area contributed by atoms with E-state index in [1.54, 1.807) is 0 Å². The lowest BCUT2D eigenvalue weighted by molar-refractivity contribution is 0.213. The van der Waals surface area contributed by atoms with Crippen LogP contribution < -0.4 is 0 Å². The maximum atomic E-state index is 4.52. The number of benzene rings is 1. The maximum absolute atomic E-state index is 4.52. The molecule has 106 valence electrons. The first kappa shape index (κ1) is 13.9. The van der Waals surface area contributed by atoms with Gasteiger partial charge in [0.05, 0.1) is 11.9 Å². The van der Waals surface area contributed by atoms with Crippen molar-refractivity contribution in [2.24, 2.45) is 5.41 Å². The van der Waals surface area contributed by atoms with Crippen LogP contribution in [0.4, 0.5) is 0 Å². The van der Waals surface area contributed by atoms with Crippen molar-refractivity contribution in [2.75, 3.05) is 0 Å². The highest BCUT2D eigenvalue weighted by Crippen LogP contribution is 2.50. The Bertz CT molecular complexity index is 555. The highest BCUT2D eigenvalue weighted by atomic mass is 79.9. The van der Waals surface area contributed by atoms with Crippen LogP contribution >= 0.6 is 15.9 Å². The summed E-state index contributed by atoms with van der Waals surface area (Å²) in [7, 11) is 0. The van der Waals surface area contributed by atoms with Gasteiger partial charge in [0.15, 0.2) is 0 Å². The summed E-state index contributed by atoms with van der Waals surface area (Å²) in [6.45, 7) is 2.41. The summed E-state index contributed by atoms with van der Waals surface area (Å²) in [5, 5.41) is 4.52. The van der Waals surface area contributed by atoms with Gasteiger partial charge in [-0.05, 0) is 30.4 Å². The predicted octanol–water partition coefficient (Wildman–Crippen LogP) is 5.28. The molecule has 0 spiro atoms. The first-order valence-corrected chi connectivity index (χ1v) is 8.35. The van der Waals surface area contributed by atoms with Crippen LogP contribution in [0.5, 0.6) is 0 Å². The lowest BCUT2D eigenvalue weighted by Crippen LogP contribution is -2.24. The van der Waals surface area contributed by atoms with Crippen LogP contribution in [0.3, 0.4) is 0 Å². The van der Waals surface area contributed by atoms with Gasteiger partial charge >= 0.3 is 0 Å².